The van der Waals surface area contributed by atoms with Crippen LogP contribution in [0.15, 0.2) is 30.3 Å². The molecule has 2 aliphatic rings. The van der Waals surface area contributed by atoms with Crippen LogP contribution in [0.3, 0.4) is 0 Å². The third-order valence-electron chi connectivity index (χ3n) is 6.86. The summed E-state index contributed by atoms with van der Waals surface area (Å²) < 4.78 is 13.4. The summed E-state index contributed by atoms with van der Waals surface area (Å²) >= 11 is 5.60. The van der Waals surface area contributed by atoms with E-state index in [-0.39, 0.29) is 11.2 Å². The Bertz CT molecular complexity index is 932. The number of piperidine rings is 1. The molecule has 1 aromatic carbocycles. The zero-order valence-electron chi connectivity index (χ0n) is 19.3. The number of nitrogens with one attached hydrogen (secondary N) is 2. The first-order valence-corrected chi connectivity index (χ1v) is 12.2. The average molecular weight is 456 g/mol. The summed E-state index contributed by atoms with van der Waals surface area (Å²) in [6.45, 7) is 9.34. The maximum Gasteiger partial charge on any atom is 0.231 e. The third kappa shape index (κ3) is 5.37. The Morgan fingerprint density at radius 1 is 1.12 bits per heavy atom. The van der Waals surface area contributed by atoms with Crippen molar-refractivity contribution >= 4 is 29.1 Å². The largest absolute Gasteiger partial charge is 0.361 e. The van der Waals surface area contributed by atoms with Crippen molar-refractivity contribution in [1.29, 1.82) is 0 Å². The molecule has 2 N–H and O–H groups in total. The van der Waals surface area contributed by atoms with Crippen LogP contribution in [0.1, 0.15) is 57.2 Å². The highest BCUT2D eigenvalue weighted by Crippen LogP contribution is 2.40. The van der Waals surface area contributed by atoms with Crippen LogP contribution in [0.2, 0.25) is 0 Å². The first kappa shape index (κ1) is 22.9. The minimum atomic E-state index is -0.197. The second-order valence-corrected chi connectivity index (χ2v) is 10.3. The maximum absolute atomic E-state index is 13.4. The predicted octanol–water partition coefficient (Wildman–Crippen LogP) is 5.20. The fourth-order valence-electron chi connectivity index (χ4n) is 5.44. The molecule has 2 heterocycles. The van der Waals surface area contributed by atoms with Gasteiger partial charge in [-0.05, 0) is 67.9 Å². The fourth-order valence-corrected chi connectivity index (χ4v) is 5.60. The molecule has 7 heteroatoms. The second kappa shape index (κ2) is 9.69. The van der Waals surface area contributed by atoms with Crippen molar-refractivity contribution in [2.24, 2.45) is 11.8 Å². The maximum atomic E-state index is 13.4. The van der Waals surface area contributed by atoms with Crippen molar-refractivity contribution in [2.45, 2.75) is 58.3 Å². The van der Waals surface area contributed by atoms with E-state index in [4.69, 9.17) is 17.2 Å². The van der Waals surface area contributed by atoms with Gasteiger partial charge in [-0.15, -0.1) is 0 Å². The molecule has 0 amide bonds. The number of benzene rings is 1. The van der Waals surface area contributed by atoms with Crippen LogP contribution in [-0.2, 0) is 5.41 Å². The lowest BCUT2D eigenvalue weighted by Gasteiger charge is -2.36. The number of hydrogen-bond acceptors (Lipinski definition) is 4. The van der Waals surface area contributed by atoms with Gasteiger partial charge in [0.2, 0.25) is 5.95 Å². The SMILES string of the molecule is Cc1cc(N2C[C@@H](C)C[C@H](C)C2)nc(NC(=S)NCC2(c3ccc(F)cc3)CCCC2)n1. The summed E-state index contributed by atoms with van der Waals surface area (Å²) in [5.74, 6) is 2.60. The van der Waals surface area contributed by atoms with Crippen LogP contribution in [0.25, 0.3) is 0 Å². The molecule has 2 fully saturated rings. The number of hydrogen-bond donors (Lipinski definition) is 2. The normalized spacial score (nSPS) is 22.6. The van der Waals surface area contributed by atoms with Crippen molar-refractivity contribution in [1.82, 2.24) is 15.3 Å². The number of halogens is 1. The Kier molecular flexibility index (Phi) is 6.93. The van der Waals surface area contributed by atoms with Gasteiger partial charge < -0.3 is 15.5 Å². The summed E-state index contributed by atoms with van der Waals surface area (Å²) in [4.78, 5) is 11.7. The van der Waals surface area contributed by atoms with Crippen LogP contribution in [0, 0.1) is 24.6 Å². The van der Waals surface area contributed by atoms with E-state index in [1.807, 2.05) is 19.1 Å². The number of rotatable bonds is 5. The van der Waals surface area contributed by atoms with Gasteiger partial charge in [0.05, 0.1) is 0 Å². The smallest absolute Gasteiger partial charge is 0.231 e. The van der Waals surface area contributed by atoms with E-state index < -0.39 is 0 Å². The van der Waals surface area contributed by atoms with E-state index in [9.17, 15) is 4.39 Å². The lowest BCUT2D eigenvalue weighted by Crippen LogP contribution is -2.41. The molecule has 1 aliphatic carbocycles. The molecule has 0 unspecified atom stereocenters. The van der Waals surface area contributed by atoms with Crippen LogP contribution in [0.5, 0.6) is 0 Å². The molecule has 1 saturated carbocycles. The molecule has 0 radical (unpaired) electrons. The van der Waals surface area contributed by atoms with Crippen molar-refractivity contribution in [3.05, 3.63) is 47.4 Å². The van der Waals surface area contributed by atoms with Gasteiger partial charge >= 0.3 is 0 Å². The number of anilines is 2. The van der Waals surface area contributed by atoms with Crippen LogP contribution >= 0.6 is 12.2 Å². The Morgan fingerprint density at radius 3 is 2.44 bits per heavy atom. The lowest BCUT2D eigenvalue weighted by atomic mass is 9.79. The summed E-state index contributed by atoms with van der Waals surface area (Å²) in [6, 6.07) is 8.98. The van der Waals surface area contributed by atoms with E-state index in [2.05, 4.69) is 40.4 Å². The average Bonchev–Trinajstić information content (AvgIpc) is 3.22. The summed E-state index contributed by atoms with van der Waals surface area (Å²) in [6.07, 6.45) is 5.76. The molecule has 2 atom stereocenters. The summed E-state index contributed by atoms with van der Waals surface area (Å²) in [5.41, 5.74) is 2.08. The van der Waals surface area contributed by atoms with Crippen LogP contribution in [0.4, 0.5) is 16.2 Å². The van der Waals surface area contributed by atoms with E-state index in [1.54, 1.807) is 12.1 Å². The molecule has 172 valence electrons. The highest BCUT2D eigenvalue weighted by Gasteiger charge is 2.35. The van der Waals surface area contributed by atoms with Gasteiger partial charge in [-0.25, -0.2) is 9.37 Å². The number of thiocarbonyl (C=S) groups is 1. The molecule has 1 aromatic heterocycles. The molecule has 1 saturated heterocycles. The van der Waals surface area contributed by atoms with Gasteiger partial charge in [0.15, 0.2) is 5.11 Å². The minimum absolute atomic E-state index is 0.0157. The van der Waals surface area contributed by atoms with E-state index in [0.717, 1.165) is 37.4 Å². The standard InChI is InChI=1S/C25H34FN5S/c1-17-12-18(2)15-31(14-17)22-13-19(3)28-23(29-22)30-24(32)27-16-25(10-4-5-11-25)20-6-8-21(26)9-7-20/h6-9,13,17-18H,4-5,10-12,14-16H2,1-3H3,(H2,27,28,29,30,32)/t17-,18-/m0/s1. The van der Waals surface area contributed by atoms with Gasteiger partial charge in [-0.2, -0.15) is 4.98 Å². The highest BCUT2D eigenvalue weighted by atomic mass is 32.1. The van der Waals surface area contributed by atoms with Gasteiger partial charge in [-0.3, -0.25) is 0 Å². The number of aryl methyl sites for hydroxylation is 1. The quantitative estimate of drug-likeness (QED) is 0.604. The van der Waals surface area contributed by atoms with Gasteiger partial charge in [0.1, 0.15) is 11.6 Å². The van der Waals surface area contributed by atoms with Crippen LogP contribution < -0.4 is 15.5 Å². The van der Waals surface area contributed by atoms with Crippen molar-refractivity contribution < 1.29 is 4.39 Å². The Morgan fingerprint density at radius 2 is 1.78 bits per heavy atom. The van der Waals surface area contributed by atoms with Gasteiger partial charge in [0.25, 0.3) is 0 Å². The molecule has 0 spiro atoms. The number of nitrogens with zero attached hydrogens (tertiary/aromatic N) is 3. The third-order valence-corrected chi connectivity index (χ3v) is 7.11. The predicted molar refractivity (Wildman–Crippen MR) is 133 cm³/mol. The Balaban J connectivity index is 1.42. The zero-order chi connectivity index (χ0) is 22.7. The van der Waals surface area contributed by atoms with Crippen molar-refractivity contribution in [2.75, 3.05) is 29.9 Å². The monoisotopic (exact) mass is 455 g/mol. The molecular formula is C25H34FN5S. The number of aromatic nitrogens is 2. The lowest BCUT2D eigenvalue weighted by molar-refractivity contribution is 0.355. The van der Waals surface area contributed by atoms with E-state index in [1.165, 1.54) is 24.8 Å². The summed E-state index contributed by atoms with van der Waals surface area (Å²) in [5, 5.41) is 7.11. The Hall–Kier alpha value is -2.28. The molecule has 32 heavy (non-hydrogen) atoms. The molecule has 2 aromatic rings. The first-order valence-electron chi connectivity index (χ1n) is 11.7. The second-order valence-electron chi connectivity index (χ2n) is 9.84. The fraction of sp³-hybridized carbons (Fsp3) is 0.560. The van der Waals surface area contributed by atoms with Crippen molar-refractivity contribution in [3.8, 4) is 0 Å². The molecule has 4 rings (SSSR count). The topological polar surface area (TPSA) is 53.1 Å². The molecular weight excluding hydrogens is 421 g/mol. The van der Waals surface area contributed by atoms with E-state index in [0.29, 0.717) is 29.4 Å². The van der Waals surface area contributed by atoms with Crippen LogP contribution in [-0.4, -0.2) is 34.7 Å². The first-order chi connectivity index (χ1) is 15.3. The van der Waals surface area contributed by atoms with E-state index >= 15 is 0 Å². The van der Waals surface area contributed by atoms with Gasteiger partial charge in [-0.1, -0.05) is 38.8 Å². The molecule has 5 nitrogen and oxygen atoms in total. The summed E-state index contributed by atoms with van der Waals surface area (Å²) in [7, 11) is 0. The van der Waals surface area contributed by atoms with Crippen molar-refractivity contribution in [3.63, 3.8) is 0 Å². The minimum Gasteiger partial charge on any atom is -0.361 e. The highest BCUT2D eigenvalue weighted by molar-refractivity contribution is 7.80. The van der Waals surface area contributed by atoms with Gasteiger partial charge in [0, 0.05) is 36.8 Å². The molecule has 1 aliphatic heterocycles. The Labute approximate surface area is 196 Å². The molecule has 0 bridgehead atoms. The zero-order valence-corrected chi connectivity index (χ0v) is 20.1.